The van der Waals surface area contributed by atoms with E-state index in [4.69, 9.17) is 17.3 Å². The summed E-state index contributed by atoms with van der Waals surface area (Å²) < 4.78 is 1.84. The van der Waals surface area contributed by atoms with Crippen LogP contribution in [-0.4, -0.2) is 24.5 Å². The predicted molar refractivity (Wildman–Crippen MR) is 95.1 cm³/mol. The van der Waals surface area contributed by atoms with Gasteiger partial charge in [-0.05, 0) is 66.2 Å². The first-order valence-electron chi connectivity index (χ1n) is 8.02. The van der Waals surface area contributed by atoms with E-state index in [1.54, 1.807) is 11.3 Å². The number of nitrogens with two attached hydrogens (primary N) is 1. The zero-order valence-electron chi connectivity index (χ0n) is 12.4. The molecule has 0 aromatic carbocycles. The van der Waals surface area contributed by atoms with Crippen molar-refractivity contribution in [2.75, 3.05) is 19.6 Å². The van der Waals surface area contributed by atoms with Crippen LogP contribution in [0.1, 0.15) is 55.9 Å². The second kappa shape index (κ2) is 6.88. The first-order valence-corrected chi connectivity index (χ1v) is 10.0. The molecule has 1 unspecified atom stereocenters. The Balaban J connectivity index is 1.66. The third-order valence-electron chi connectivity index (χ3n) is 5.43. The molecule has 3 rings (SSSR count). The standard InChI is InChI=1S/C16H24BrClN2S/c17-12-10-14(21-15(12)18)13(11-19)20-8-6-16(7-9-20)4-2-1-3-5-16/h10,13H,1-9,11,19H2. The fourth-order valence-corrected chi connectivity index (χ4v) is 5.97. The monoisotopic (exact) mass is 390 g/mol. The molecule has 0 bridgehead atoms. The van der Waals surface area contributed by atoms with E-state index < -0.39 is 0 Å². The normalized spacial score (nSPS) is 24.3. The fourth-order valence-electron chi connectivity index (χ4n) is 4.08. The zero-order valence-corrected chi connectivity index (χ0v) is 15.6. The van der Waals surface area contributed by atoms with Gasteiger partial charge in [-0.25, -0.2) is 0 Å². The quantitative estimate of drug-likeness (QED) is 0.766. The van der Waals surface area contributed by atoms with E-state index >= 15 is 0 Å². The lowest BCUT2D eigenvalue weighted by Gasteiger charge is -2.46. The molecular formula is C16H24BrClN2S. The van der Waals surface area contributed by atoms with Gasteiger partial charge in [0.05, 0.1) is 6.04 Å². The highest BCUT2D eigenvalue weighted by atomic mass is 79.9. The Labute approximate surface area is 145 Å². The van der Waals surface area contributed by atoms with Crippen molar-refractivity contribution in [1.82, 2.24) is 4.90 Å². The van der Waals surface area contributed by atoms with Crippen molar-refractivity contribution in [3.05, 3.63) is 19.8 Å². The average molecular weight is 392 g/mol. The van der Waals surface area contributed by atoms with Crippen LogP contribution in [0, 0.1) is 5.41 Å². The maximum Gasteiger partial charge on any atom is 0.107 e. The maximum absolute atomic E-state index is 6.20. The van der Waals surface area contributed by atoms with Gasteiger partial charge in [0, 0.05) is 15.9 Å². The number of hydrogen-bond donors (Lipinski definition) is 1. The summed E-state index contributed by atoms with van der Waals surface area (Å²) in [6.07, 6.45) is 9.92. The molecule has 1 aromatic heterocycles. The summed E-state index contributed by atoms with van der Waals surface area (Å²) in [6, 6.07) is 2.48. The zero-order chi connectivity index (χ0) is 14.9. The summed E-state index contributed by atoms with van der Waals surface area (Å²) in [5.74, 6) is 0. The summed E-state index contributed by atoms with van der Waals surface area (Å²) in [5.41, 5.74) is 6.73. The Morgan fingerprint density at radius 2 is 1.90 bits per heavy atom. The molecule has 1 saturated heterocycles. The fraction of sp³-hybridized carbons (Fsp3) is 0.750. The lowest BCUT2D eigenvalue weighted by molar-refractivity contribution is 0.0472. The molecule has 2 nitrogen and oxygen atoms in total. The molecule has 2 heterocycles. The second-order valence-corrected chi connectivity index (χ2v) is 9.16. The van der Waals surface area contributed by atoms with E-state index in [-0.39, 0.29) is 0 Å². The summed E-state index contributed by atoms with van der Waals surface area (Å²) in [5, 5.41) is 0. The van der Waals surface area contributed by atoms with Gasteiger partial charge in [0.2, 0.25) is 0 Å². The van der Waals surface area contributed by atoms with Gasteiger partial charge < -0.3 is 5.73 Å². The third kappa shape index (κ3) is 3.50. The molecule has 2 aliphatic rings. The van der Waals surface area contributed by atoms with Crippen LogP contribution in [0.4, 0.5) is 0 Å². The van der Waals surface area contributed by atoms with Crippen molar-refractivity contribution in [3.63, 3.8) is 0 Å². The van der Waals surface area contributed by atoms with Gasteiger partial charge in [-0.15, -0.1) is 11.3 Å². The molecule has 1 saturated carbocycles. The summed E-state index contributed by atoms with van der Waals surface area (Å²) in [7, 11) is 0. The summed E-state index contributed by atoms with van der Waals surface area (Å²) in [6.45, 7) is 3.06. The molecule has 1 aliphatic carbocycles. The number of thiophene rings is 1. The van der Waals surface area contributed by atoms with Crippen LogP contribution in [0.5, 0.6) is 0 Å². The Hall–Kier alpha value is 0.390. The average Bonchev–Trinajstić information content (AvgIpc) is 2.82. The SMILES string of the molecule is NCC(c1cc(Br)c(Cl)s1)N1CCC2(CCCCC2)CC1. The topological polar surface area (TPSA) is 29.3 Å². The molecular weight excluding hydrogens is 368 g/mol. The van der Waals surface area contributed by atoms with Crippen LogP contribution in [0.2, 0.25) is 4.34 Å². The first-order chi connectivity index (χ1) is 10.1. The van der Waals surface area contributed by atoms with Crippen LogP contribution in [0.25, 0.3) is 0 Å². The second-order valence-electron chi connectivity index (χ2n) is 6.62. The minimum atomic E-state index is 0.333. The minimum Gasteiger partial charge on any atom is -0.329 e. The number of piperidine rings is 1. The highest BCUT2D eigenvalue weighted by Gasteiger charge is 2.37. The van der Waals surface area contributed by atoms with Crippen molar-refractivity contribution in [2.24, 2.45) is 11.1 Å². The number of halogens is 2. The van der Waals surface area contributed by atoms with E-state index in [0.29, 0.717) is 18.0 Å². The Morgan fingerprint density at radius 3 is 2.43 bits per heavy atom. The molecule has 1 spiro atoms. The number of rotatable bonds is 3. The van der Waals surface area contributed by atoms with Crippen LogP contribution in [0.15, 0.2) is 10.5 Å². The molecule has 2 N–H and O–H groups in total. The lowest BCUT2D eigenvalue weighted by atomic mass is 9.68. The largest absolute Gasteiger partial charge is 0.329 e. The molecule has 21 heavy (non-hydrogen) atoms. The van der Waals surface area contributed by atoms with Gasteiger partial charge in [-0.1, -0.05) is 30.9 Å². The molecule has 1 aromatic rings. The highest BCUT2D eigenvalue weighted by molar-refractivity contribution is 9.10. The number of hydrogen-bond acceptors (Lipinski definition) is 3. The molecule has 0 amide bonds. The third-order valence-corrected chi connectivity index (χ3v) is 8.01. The van der Waals surface area contributed by atoms with Gasteiger partial charge in [0.25, 0.3) is 0 Å². The molecule has 2 fully saturated rings. The first kappa shape index (κ1) is 16.3. The van der Waals surface area contributed by atoms with Gasteiger partial charge in [-0.2, -0.15) is 0 Å². The van der Waals surface area contributed by atoms with Crippen molar-refractivity contribution in [3.8, 4) is 0 Å². The van der Waals surface area contributed by atoms with Gasteiger partial charge in [0.1, 0.15) is 4.34 Å². The Bertz CT molecular complexity index is 455. The van der Waals surface area contributed by atoms with Crippen LogP contribution in [-0.2, 0) is 0 Å². The molecule has 1 aliphatic heterocycles. The van der Waals surface area contributed by atoms with Crippen LogP contribution >= 0.6 is 38.9 Å². The van der Waals surface area contributed by atoms with Crippen molar-refractivity contribution >= 4 is 38.9 Å². The molecule has 0 radical (unpaired) electrons. The molecule has 118 valence electrons. The van der Waals surface area contributed by atoms with E-state index in [1.165, 1.54) is 62.9 Å². The van der Waals surface area contributed by atoms with Crippen LogP contribution < -0.4 is 5.73 Å². The minimum absolute atomic E-state index is 0.333. The van der Waals surface area contributed by atoms with Crippen LogP contribution in [0.3, 0.4) is 0 Å². The Kier molecular flexibility index (Phi) is 5.32. The smallest absolute Gasteiger partial charge is 0.107 e. The summed E-state index contributed by atoms with van der Waals surface area (Å²) in [4.78, 5) is 3.88. The van der Waals surface area contributed by atoms with E-state index in [0.717, 1.165) is 8.81 Å². The lowest BCUT2D eigenvalue weighted by Crippen LogP contribution is -2.44. The van der Waals surface area contributed by atoms with E-state index in [9.17, 15) is 0 Å². The maximum atomic E-state index is 6.20. The predicted octanol–water partition coefficient (Wildman–Crippen LogP) is 5.21. The van der Waals surface area contributed by atoms with Gasteiger partial charge in [0.15, 0.2) is 0 Å². The molecule has 5 heteroatoms. The summed E-state index contributed by atoms with van der Waals surface area (Å²) >= 11 is 11.4. The van der Waals surface area contributed by atoms with Gasteiger partial charge in [-0.3, -0.25) is 4.90 Å². The number of likely N-dealkylation sites (tertiary alicyclic amines) is 1. The Morgan fingerprint density at radius 1 is 1.24 bits per heavy atom. The van der Waals surface area contributed by atoms with Crippen molar-refractivity contribution in [1.29, 1.82) is 0 Å². The highest BCUT2D eigenvalue weighted by Crippen LogP contribution is 2.46. The van der Waals surface area contributed by atoms with Gasteiger partial charge >= 0.3 is 0 Å². The van der Waals surface area contributed by atoms with Crippen molar-refractivity contribution < 1.29 is 0 Å². The number of nitrogens with zero attached hydrogens (tertiary/aromatic N) is 1. The molecule has 1 atom stereocenters. The van der Waals surface area contributed by atoms with E-state index in [1.807, 2.05) is 0 Å². The van der Waals surface area contributed by atoms with Crippen molar-refractivity contribution in [2.45, 2.75) is 51.0 Å². The van der Waals surface area contributed by atoms with E-state index in [2.05, 4.69) is 26.9 Å².